The lowest BCUT2D eigenvalue weighted by atomic mass is 10.0. The number of methoxy groups -OCH3 is 1. The molecule has 0 unspecified atom stereocenters. The maximum Gasteiger partial charge on any atom is 0.341 e. The number of hydrogen-bond donors (Lipinski definition) is 1. The highest BCUT2D eigenvalue weighted by molar-refractivity contribution is 5.96. The molecule has 0 saturated heterocycles. The Kier molecular flexibility index (Phi) is 2.63. The maximum absolute atomic E-state index is 11.5. The second kappa shape index (κ2) is 3.85. The summed E-state index contributed by atoms with van der Waals surface area (Å²) < 4.78 is 6.22. The van der Waals surface area contributed by atoms with Crippen LogP contribution in [0, 0.1) is 0 Å². The van der Waals surface area contributed by atoms with Crippen molar-refractivity contribution in [2.45, 2.75) is 19.4 Å². The average Bonchev–Trinajstić information content (AvgIpc) is 2.69. The molecule has 0 aliphatic rings. The number of pyridine rings is 1. The number of nitrogens with zero attached hydrogens (tertiary/aromatic N) is 2. The summed E-state index contributed by atoms with van der Waals surface area (Å²) in [7, 11) is 1.33. The maximum atomic E-state index is 11.5. The molecule has 2 heterocycles. The van der Waals surface area contributed by atoms with Crippen molar-refractivity contribution in [3.05, 3.63) is 35.7 Å². The van der Waals surface area contributed by atoms with E-state index in [4.69, 9.17) is 0 Å². The van der Waals surface area contributed by atoms with Gasteiger partial charge in [-0.25, -0.2) is 9.31 Å². The number of rotatable bonds is 2. The minimum Gasteiger partial charge on any atom is -0.465 e. The quantitative estimate of drug-likeness (QED) is 0.796. The predicted molar refractivity (Wildman–Crippen MR) is 61.8 cm³/mol. The van der Waals surface area contributed by atoms with Crippen molar-refractivity contribution in [3.63, 3.8) is 0 Å². The van der Waals surface area contributed by atoms with Gasteiger partial charge in [0.2, 0.25) is 0 Å². The van der Waals surface area contributed by atoms with E-state index in [0.717, 1.165) is 0 Å². The second-order valence-electron chi connectivity index (χ2n) is 4.32. The molecule has 5 heteroatoms. The molecule has 0 spiro atoms. The summed E-state index contributed by atoms with van der Waals surface area (Å²) in [4.78, 5) is 11.5. The number of aromatic nitrogens is 2. The third-order valence-corrected chi connectivity index (χ3v) is 2.57. The van der Waals surface area contributed by atoms with Crippen molar-refractivity contribution in [1.29, 1.82) is 0 Å². The Balaban J connectivity index is 2.69. The van der Waals surface area contributed by atoms with Gasteiger partial charge in [0.15, 0.2) is 0 Å². The van der Waals surface area contributed by atoms with Gasteiger partial charge in [-0.05, 0) is 26.0 Å². The lowest BCUT2D eigenvalue weighted by Crippen LogP contribution is -2.20. The fourth-order valence-electron chi connectivity index (χ4n) is 1.74. The normalized spacial score (nSPS) is 11.8. The fraction of sp³-hybridized carbons (Fsp3) is 0.333. The van der Waals surface area contributed by atoms with Crippen molar-refractivity contribution in [1.82, 2.24) is 9.61 Å². The minimum absolute atomic E-state index is 0.388. The van der Waals surface area contributed by atoms with Crippen LogP contribution >= 0.6 is 0 Å². The first kappa shape index (κ1) is 11.6. The Morgan fingerprint density at radius 1 is 1.47 bits per heavy atom. The number of ether oxygens (including phenoxy) is 1. The Morgan fingerprint density at radius 2 is 2.18 bits per heavy atom. The number of fused-ring (bicyclic) bond motifs is 1. The van der Waals surface area contributed by atoms with Gasteiger partial charge in [0.1, 0.15) is 11.2 Å². The molecule has 0 aliphatic carbocycles. The lowest BCUT2D eigenvalue weighted by Gasteiger charge is -2.18. The van der Waals surface area contributed by atoms with E-state index in [1.807, 2.05) is 0 Å². The van der Waals surface area contributed by atoms with Crippen molar-refractivity contribution in [2.24, 2.45) is 0 Å². The Hall–Kier alpha value is -1.88. The molecular formula is C12H14N2O3. The summed E-state index contributed by atoms with van der Waals surface area (Å²) in [6.07, 6.45) is 1.44. The van der Waals surface area contributed by atoms with Gasteiger partial charge < -0.3 is 9.84 Å². The molecule has 0 saturated carbocycles. The van der Waals surface area contributed by atoms with Crippen LogP contribution in [0.15, 0.2) is 24.4 Å². The van der Waals surface area contributed by atoms with Crippen LogP contribution in [0.2, 0.25) is 0 Å². The molecule has 0 aromatic carbocycles. The van der Waals surface area contributed by atoms with Crippen LogP contribution < -0.4 is 0 Å². The number of aliphatic hydroxyl groups is 1. The Morgan fingerprint density at radius 3 is 2.76 bits per heavy atom. The zero-order valence-corrected chi connectivity index (χ0v) is 9.97. The van der Waals surface area contributed by atoms with Crippen molar-refractivity contribution < 1.29 is 14.6 Å². The van der Waals surface area contributed by atoms with Crippen molar-refractivity contribution in [3.8, 4) is 0 Å². The van der Waals surface area contributed by atoms with Gasteiger partial charge in [-0.1, -0.05) is 6.07 Å². The lowest BCUT2D eigenvalue weighted by molar-refractivity contribution is 0.0601. The van der Waals surface area contributed by atoms with E-state index in [0.29, 0.717) is 16.8 Å². The molecule has 1 N–H and O–H groups in total. The molecule has 0 amide bonds. The van der Waals surface area contributed by atoms with E-state index >= 15 is 0 Å². The monoisotopic (exact) mass is 234 g/mol. The van der Waals surface area contributed by atoms with Gasteiger partial charge in [-0.3, -0.25) is 0 Å². The molecule has 0 radical (unpaired) electrons. The second-order valence-corrected chi connectivity index (χ2v) is 4.32. The summed E-state index contributed by atoms with van der Waals surface area (Å²) in [5.41, 5.74) is 0.596. The van der Waals surface area contributed by atoms with Crippen LogP contribution in [0.3, 0.4) is 0 Å². The summed E-state index contributed by atoms with van der Waals surface area (Å²) in [5.74, 6) is -0.437. The van der Waals surface area contributed by atoms with Crippen LogP contribution in [0.1, 0.15) is 29.9 Å². The van der Waals surface area contributed by atoms with E-state index in [1.54, 1.807) is 36.6 Å². The zero-order chi connectivity index (χ0) is 12.6. The number of esters is 1. The van der Waals surface area contributed by atoms with E-state index in [2.05, 4.69) is 9.84 Å². The first-order valence-corrected chi connectivity index (χ1v) is 5.23. The number of hydrogen-bond acceptors (Lipinski definition) is 4. The molecule has 0 fully saturated rings. The van der Waals surface area contributed by atoms with Gasteiger partial charge >= 0.3 is 5.97 Å². The average molecular weight is 234 g/mol. The molecule has 90 valence electrons. The van der Waals surface area contributed by atoms with Crippen LogP contribution in [0.5, 0.6) is 0 Å². The molecule has 2 aromatic rings. The van der Waals surface area contributed by atoms with E-state index in [1.165, 1.54) is 13.3 Å². The van der Waals surface area contributed by atoms with Crippen molar-refractivity contribution in [2.75, 3.05) is 7.11 Å². The van der Waals surface area contributed by atoms with Crippen molar-refractivity contribution >= 4 is 11.5 Å². The first-order valence-electron chi connectivity index (χ1n) is 5.23. The van der Waals surface area contributed by atoms with E-state index in [-0.39, 0.29) is 0 Å². The largest absolute Gasteiger partial charge is 0.465 e. The smallest absolute Gasteiger partial charge is 0.341 e. The van der Waals surface area contributed by atoms with Gasteiger partial charge in [-0.15, -0.1) is 0 Å². The minimum atomic E-state index is -1.03. The Bertz CT molecular complexity index is 567. The third-order valence-electron chi connectivity index (χ3n) is 2.57. The SMILES string of the molecule is COC(=O)c1cnn2c(C(C)(C)O)cccc12. The number of carbonyl (C=O) groups excluding carboxylic acids is 1. The summed E-state index contributed by atoms with van der Waals surface area (Å²) >= 11 is 0. The summed E-state index contributed by atoms with van der Waals surface area (Å²) in [6, 6.07) is 5.30. The highest BCUT2D eigenvalue weighted by atomic mass is 16.5. The molecule has 0 aliphatic heterocycles. The van der Waals surface area contributed by atoms with Crippen LogP contribution in [0.4, 0.5) is 0 Å². The van der Waals surface area contributed by atoms with Crippen LogP contribution in [0.25, 0.3) is 5.52 Å². The Labute approximate surface area is 98.6 Å². The van der Waals surface area contributed by atoms with Crippen LogP contribution in [-0.4, -0.2) is 27.8 Å². The van der Waals surface area contributed by atoms with Gasteiger partial charge in [0.05, 0.1) is 24.5 Å². The first-order chi connectivity index (χ1) is 7.95. The molecular weight excluding hydrogens is 220 g/mol. The van der Waals surface area contributed by atoms with Crippen LogP contribution in [-0.2, 0) is 10.3 Å². The predicted octanol–water partition coefficient (Wildman–Crippen LogP) is 1.35. The summed E-state index contributed by atoms with van der Waals surface area (Å²) in [6.45, 7) is 3.34. The van der Waals surface area contributed by atoms with Gasteiger partial charge in [0, 0.05) is 0 Å². The molecule has 5 nitrogen and oxygen atoms in total. The van der Waals surface area contributed by atoms with Gasteiger partial charge in [0.25, 0.3) is 0 Å². The number of carbonyl (C=O) groups is 1. The topological polar surface area (TPSA) is 63.8 Å². The zero-order valence-electron chi connectivity index (χ0n) is 9.97. The fourth-order valence-corrected chi connectivity index (χ4v) is 1.74. The molecule has 17 heavy (non-hydrogen) atoms. The van der Waals surface area contributed by atoms with E-state index in [9.17, 15) is 9.90 Å². The standard InChI is InChI=1S/C12H14N2O3/c1-12(2,16)10-6-4-5-9-8(11(15)17-3)7-13-14(9)10/h4-7,16H,1-3H3. The summed E-state index contributed by atoms with van der Waals surface area (Å²) in [5, 5.41) is 14.1. The van der Waals surface area contributed by atoms with E-state index < -0.39 is 11.6 Å². The molecule has 2 rings (SSSR count). The molecule has 0 atom stereocenters. The highest BCUT2D eigenvalue weighted by Crippen LogP contribution is 2.22. The molecule has 0 bridgehead atoms. The molecule has 2 aromatic heterocycles. The highest BCUT2D eigenvalue weighted by Gasteiger charge is 2.22. The van der Waals surface area contributed by atoms with Gasteiger partial charge in [-0.2, -0.15) is 5.10 Å². The third kappa shape index (κ3) is 1.89.